The Balaban J connectivity index is 1.83. The summed E-state index contributed by atoms with van der Waals surface area (Å²) in [5.74, 6) is -2.26. The number of hydrogen-bond donors (Lipinski definition) is 1. The van der Waals surface area contributed by atoms with E-state index in [4.69, 9.17) is 0 Å². The van der Waals surface area contributed by atoms with Crippen molar-refractivity contribution < 1.29 is 13.6 Å². The second-order valence-corrected chi connectivity index (χ2v) is 8.19. The van der Waals surface area contributed by atoms with Gasteiger partial charge in [0.1, 0.15) is 0 Å². The molecule has 0 spiro atoms. The zero-order chi connectivity index (χ0) is 21.2. The summed E-state index contributed by atoms with van der Waals surface area (Å²) in [4.78, 5) is 11.9. The predicted molar refractivity (Wildman–Crippen MR) is 118 cm³/mol. The maximum atomic E-state index is 13.1. The van der Waals surface area contributed by atoms with Crippen LogP contribution in [-0.2, 0) is 0 Å². The van der Waals surface area contributed by atoms with E-state index in [0.717, 1.165) is 25.0 Å². The van der Waals surface area contributed by atoms with Crippen LogP contribution in [0.15, 0.2) is 18.2 Å². The van der Waals surface area contributed by atoms with Crippen LogP contribution in [0.3, 0.4) is 0 Å². The van der Waals surface area contributed by atoms with Crippen LogP contribution in [0.4, 0.5) is 8.78 Å². The van der Waals surface area contributed by atoms with Crippen LogP contribution >= 0.6 is 0 Å². The largest absolute Gasteiger partial charge is 0.352 e. The van der Waals surface area contributed by atoms with Crippen molar-refractivity contribution in [2.24, 2.45) is 0 Å². The summed E-state index contributed by atoms with van der Waals surface area (Å²) >= 11 is 0. The number of rotatable bonds is 18. The molecule has 0 aliphatic heterocycles. The molecule has 166 valence electrons. The second-order valence-electron chi connectivity index (χ2n) is 8.19. The fourth-order valence-electron chi connectivity index (χ4n) is 3.61. The van der Waals surface area contributed by atoms with Crippen molar-refractivity contribution in [2.45, 2.75) is 110 Å². The minimum absolute atomic E-state index is 0.167. The second kappa shape index (κ2) is 17.4. The van der Waals surface area contributed by atoms with Gasteiger partial charge in [-0.2, -0.15) is 0 Å². The molecule has 1 aromatic carbocycles. The SMILES string of the molecule is CCCCCCCCCCCCCCCCCCNC(=O)c1ccc(F)c(F)c1. The molecule has 0 fully saturated rings. The molecule has 2 nitrogen and oxygen atoms in total. The van der Waals surface area contributed by atoms with Gasteiger partial charge in [0.25, 0.3) is 5.91 Å². The third-order valence-corrected chi connectivity index (χ3v) is 5.50. The molecule has 0 atom stereocenters. The van der Waals surface area contributed by atoms with Crippen LogP contribution in [0.2, 0.25) is 0 Å². The van der Waals surface area contributed by atoms with Crippen LogP contribution in [-0.4, -0.2) is 12.5 Å². The third-order valence-electron chi connectivity index (χ3n) is 5.50. The number of carbonyl (C=O) groups excluding carboxylic acids is 1. The normalized spacial score (nSPS) is 11.0. The van der Waals surface area contributed by atoms with Gasteiger partial charge < -0.3 is 5.32 Å². The van der Waals surface area contributed by atoms with Gasteiger partial charge in [-0.15, -0.1) is 0 Å². The lowest BCUT2D eigenvalue weighted by atomic mass is 10.0. The van der Waals surface area contributed by atoms with Crippen molar-refractivity contribution in [2.75, 3.05) is 6.54 Å². The zero-order valence-electron chi connectivity index (χ0n) is 18.4. The van der Waals surface area contributed by atoms with E-state index in [9.17, 15) is 13.6 Å². The molecule has 1 amide bonds. The molecule has 4 heteroatoms. The molecule has 0 unspecified atom stereocenters. The molecule has 0 saturated heterocycles. The Kier molecular flexibility index (Phi) is 15.4. The number of nitrogens with one attached hydrogen (secondary N) is 1. The number of hydrogen-bond acceptors (Lipinski definition) is 1. The van der Waals surface area contributed by atoms with Crippen molar-refractivity contribution in [3.63, 3.8) is 0 Å². The summed E-state index contributed by atoms with van der Waals surface area (Å²) in [5.41, 5.74) is 0.167. The first kappa shape index (κ1) is 25.6. The molecule has 1 rings (SSSR count). The monoisotopic (exact) mass is 409 g/mol. The number of amides is 1. The van der Waals surface area contributed by atoms with Crippen molar-refractivity contribution in [1.82, 2.24) is 5.32 Å². The van der Waals surface area contributed by atoms with E-state index >= 15 is 0 Å². The maximum Gasteiger partial charge on any atom is 0.251 e. The van der Waals surface area contributed by atoms with E-state index in [-0.39, 0.29) is 11.5 Å². The maximum absolute atomic E-state index is 13.1. The Morgan fingerprint density at radius 2 is 1.14 bits per heavy atom. The number of halogens is 2. The van der Waals surface area contributed by atoms with Gasteiger partial charge in [0.05, 0.1) is 0 Å². The predicted octanol–water partition coefficient (Wildman–Crippen LogP) is 7.96. The first-order valence-corrected chi connectivity index (χ1v) is 11.9. The summed E-state index contributed by atoms with van der Waals surface area (Å²) in [5, 5.41) is 2.77. The molecule has 1 N–H and O–H groups in total. The number of benzene rings is 1. The van der Waals surface area contributed by atoms with Gasteiger partial charge >= 0.3 is 0 Å². The third kappa shape index (κ3) is 13.4. The first-order valence-electron chi connectivity index (χ1n) is 11.9. The summed E-state index contributed by atoms with van der Waals surface area (Å²) in [6.07, 6.45) is 21.0. The molecule has 0 aliphatic rings. The highest BCUT2D eigenvalue weighted by Gasteiger charge is 2.08. The van der Waals surface area contributed by atoms with Crippen molar-refractivity contribution >= 4 is 5.91 Å². The fraction of sp³-hybridized carbons (Fsp3) is 0.720. The van der Waals surface area contributed by atoms with Crippen LogP contribution in [0.25, 0.3) is 0 Å². The Morgan fingerprint density at radius 1 is 0.690 bits per heavy atom. The number of unbranched alkanes of at least 4 members (excludes halogenated alkanes) is 15. The quantitative estimate of drug-likeness (QED) is 0.245. The summed E-state index contributed by atoms with van der Waals surface area (Å²) in [6, 6.07) is 3.23. The van der Waals surface area contributed by atoms with Gasteiger partial charge in [0.2, 0.25) is 0 Å². The number of carbonyl (C=O) groups is 1. The van der Waals surface area contributed by atoms with Crippen molar-refractivity contribution in [1.29, 1.82) is 0 Å². The lowest BCUT2D eigenvalue weighted by molar-refractivity contribution is 0.0952. The molecule has 0 bridgehead atoms. The fourth-order valence-corrected chi connectivity index (χ4v) is 3.61. The Labute approximate surface area is 176 Å². The van der Waals surface area contributed by atoms with Gasteiger partial charge in [-0.3, -0.25) is 4.79 Å². The molecule has 0 saturated carbocycles. The summed E-state index contributed by atoms with van der Waals surface area (Å²) in [7, 11) is 0. The zero-order valence-corrected chi connectivity index (χ0v) is 18.4. The molecule has 0 heterocycles. The lowest BCUT2D eigenvalue weighted by Crippen LogP contribution is -2.24. The topological polar surface area (TPSA) is 29.1 Å². The molecular formula is C25H41F2NO. The summed E-state index contributed by atoms with van der Waals surface area (Å²) < 4.78 is 26.0. The van der Waals surface area contributed by atoms with Crippen molar-refractivity contribution in [3.8, 4) is 0 Å². The first-order chi connectivity index (χ1) is 14.1. The van der Waals surface area contributed by atoms with E-state index in [1.54, 1.807) is 0 Å². The Hall–Kier alpha value is -1.45. The van der Waals surface area contributed by atoms with Crippen molar-refractivity contribution in [3.05, 3.63) is 35.4 Å². The van der Waals surface area contributed by atoms with Crippen LogP contribution in [0.1, 0.15) is 120 Å². The van der Waals surface area contributed by atoms with Gasteiger partial charge in [-0.25, -0.2) is 8.78 Å². The molecule has 0 aliphatic carbocycles. The van der Waals surface area contributed by atoms with Gasteiger partial charge in [0, 0.05) is 12.1 Å². The Bertz CT molecular complexity index is 548. The smallest absolute Gasteiger partial charge is 0.251 e. The molecule has 1 aromatic rings. The lowest BCUT2D eigenvalue weighted by Gasteiger charge is -2.06. The van der Waals surface area contributed by atoms with E-state index in [0.29, 0.717) is 6.54 Å². The molecule has 0 aromatic heterocycles. The highest BCUT2D eigenvalue weighted by atomic mass is 19.2. The molecule has 29 heavy (non-hydrogen) atoms. The highest BCUT2D eigenvalue weighted by molar-refractivity contribution is 5.94. The van der Waals surface area contributed by atoms with Crippen LogP contribution in [0, 0.1) is 11.6 Å². The van der Waals surface area contributed by atoms with Gasteiger partial charge in [-0.05, 0) is 24.6 Å². The van der Waals surface area contributed by atoms with E-state index in [1.165, 1.54) is 96.0 Å². The van der Waals surface area contributed by atoms with Gasteiger partial charge in [-0.1, -0.05) is 103 Å². The van der Waals surface area contributed by atoms with E-state index in [1.807, 2.05) is 0 Å². The average Bonchev–Trinajstić information content (AvgIpc) is 2.72. The minimum atomic E-state index is -0.986. The van der Waals surface area contributed by atoms with Crippen LogP contribution < -0.4 is 5.32 Å². The highest BCUT2D eigenvalue weighted by Crippen LogP contribution is 2.14. The summed E-state index contributed by atoms with van der Waals surface area (Å²) in [6.45, 7) is 2.85. The van der Waals surface area contributed by atoms with Crippen LogP contribution in [0.5, 0.6) is 0 Å². The van der Waals surface area contributed by atoms with E-state index in [2.05, 4.69) is 12.2 Å². The molecule has 0 radical (unpaired) electrons. The molecular weight excluding hydrogens is 368 g/mol. The van der Waals surface area contributed by atoms with E-state index < -0.39 is 11.6 Å². The average molecular weight is 410 g/mol. The standard InChI is InChI=1S/C25H41F2NO/c1-2-3-4-5-6-7-8-9-10-11-12-13-14-15-16-17-20-28-25(29)22-18-19-23(26)24(27)21-22/h18-19,21H,2-17,20H2,1H3,(H,28,29). The minimum Gasteiger partial charge on any atom is -0.352 e. The van der Waals surface area contributed by atoms with Gasteiger partial charge in [0.15, 0.2) is 11.6 Å². The Morgan fingerprint density at radius 3 is 1.59 bits per heavy atom.